The molecule has 0 unspecified atom stereocenters. The number of ether oxygens (including phenoxy) is 1. The van der Waals surface area contributed by atoms with E-state index in [9.17, 15) is 9.59 Å². The molecule has 0 saturated carbocycles. The van der Waals surface area contributed by atoms with Crippen LogP contribution in [0.25, 0.3) is 17.2 Å². The number of rotatable bonds is 4. The monoisotopic (exact) mass is 432 g/mol. The molecular weight excluding hydrogens is 408 g/mol. The average Bonchev–Trinajstić information content (AvgIpc) is 3.23. The van der Waals surface area contributed by atoms with E-state index in [0.29, 0.717) is 43.4 Å². The van der Waals surface area contributed by atoms with Gasteiger partial charge in [-0.1, -0.05) is 0 Å². The minimum absolute atomic E-state index is 0.0882. The van der Waals surface area contributed by atoms with Gasteiger partial charge in [0.05, 0.1) is 30.3 Å². The van der Waals surface area contributed by atoms with E-state index in [2.05, 4.69) is 16.1 Å². The number of hydrogen-bond acceptors (Lipinski definition) is 6. The van der Waals surface area contributed by atoms with Crippen molar-refractivity contribution >= 4 is 12.3 Å². The summed E-state index contributed by atoms with van der Waals surface area (Å²) in [5.74, 6) is 1.19. The molecule has 2 aromatic heterocycles. The Kier molecular flexibility index (Phi) is 5.08. The Morgan fingerprint density at radius 2 is 1.88 bits per heavy atom. The molecule has 5 rings (SSSR count). The van der Waals surface area contributed by atoms with Gasteiger partial charge in [-0.15, -0.1) is 0 Å². The molecule has 164 valence electrons. The number of methoxy groups -OCH3 is 1. The second-order valence-corrected chi connectivity index (χ2v) is 8.06. The third kappa shape index (κ3) is 3.39. The van der Waals surface area contributed by atoms with Gasteiger partial charge in [0.2, 0.25) is 6.41 Å². The van der Waals surface area contributed by atoms with Gasteiger partial charge in [0, 0.05) is 37.9 Å². The van der Waals surface area contributed by atoms with Gasteiger partial charge >= 0.3 is 0 Å². The Morgan fingerprint density at radius 1 is 1.09 bits per heavy atom. The zero-order chi connectivity index (χ0) is 22.2. The van der Waals surface area contributed by atoms with E-state index in [1.54, 1.807) is 27.8 Å². The largest absolute Gasteiger partial charge is 0.497 e. The Hall–Kier alpha value is -3.75. The van der Waals surface area contributed by atoms with Gasteiger partial charge in [-0.25, -0.2) is 14.6 Å². The van der Waals surface area contributed by atoms with Crippen molar-refractivity contribution in [1.82, 2.24) is 29.5 Å². The van der Waals surface area contributed by atoms with Crippen LogP contribution in [0.4, 0.5) is 0 Å². The zero-order valence-electron chi connectivity index (χ0n) is 18.1. The second-order valence-electron chi connectivity index (χ2n) is 8.06. The van der Waals surface area contributed by atoms with Gasteiger partial charge in [0.15, 0.2) is 0 Å². The molecule has 9 heteroatoms. The number of amides is 2. The average molecular weight is 432 g/mol. The molecule has 1 aliphatic carbocycles. The Balaban J connectivity index is 1.45. The van der Waals surface area contributed by atoms with Crippen LogP contribution in [-0.2, 0) is 17.6 Å². The molecule has 32 heavy (non-hydrogen) atoms. The highest BCUT2D eigenvalue weighted by Gasteiger charge is 2.26. The molecule has 3 heterocycles. The number of benzene rings is 1. The Morgan fingerprint density at radius 3 is 2.62 bits per heavy atom. The van der Waals surface area contributed by atoms with Crippen LogP contribution in [0.15, 0.2) is 30.6 Å². The lowest BCUT2D eigenvalue weighted by atomic mass is 9.90. The van der Waals surface area contributed by atoms with Gasteiger partial charge in [-0.2, -0.15) is 5.10 Å². The molecule has 1 saturated heterocycles. The van der Waals surface area contributed by atoms with Crippen LogP contribution in [0.2, 0.25) is 0 Å². The van der Waals surface area contributed by atoms with Crippen molar-refractivity contribution < 1.29 is 14.3 Å². The van der Waals surface area contributed by atoms with Gasteiger partial charge in [-0.05, 0) is 49.1 Å². The quantitative estimate of drug-likeness (QED) is 0.582. The van der Waals surface area contributed by atoms with Crippen molar-refractivity contribution in [2.75, 3.05) is 33.3 Å². The van der Waals surface area contributed by atoms with Crippen molar-refractivity contribution in [3.8, 4) is 23.0 Å². The highest BCUT2D eigenvalue weighted by molar-refractivity contribution is 5.95. The van der Waals surface area contributed by atoms with Crippen LogP contribution >= 0.6 is 0 Å². The molecule has 0 atom stereocenters. The van der Waals surface area contributed by atoms with Crippen molar-refractivity contribution in [3.05, 3.63) is 53.0 Å². The van der Waals surface area contributed by atoms with Gasteiger partial charge in [-0.3, -0.25) is 9.59 Å². The van der Waals surface area contributed by atoms with Crippen molar-refractivity contribution in [3.63, 3.8) is 0 Å². The molecule has 1 aliphatic heterocycles. The number of carbonyl (C=O) groups is 2. The summed E-state index contributed by atoms with van der Waals surface area (Å²) in [5.41, 5.74) is 5.48. The standard InChI is InChI=1S/C23H24N6O3/c1-15-20(22(31)28-9-7-27(14-30)8-10-28)13-25-29(15)23-24-12-17-4-3-16-11-18(32-2)5-6-19(16)21(17)26-23/h5-6,11-14H,3-4,7-10H2,1-2H3. The molecule has 9 nitrogen and oxygen atoms in total. The zero-order valence-corrected chi connectivity index (χ0v) is 18.1. The van der Waals surface area contributed by atoms with E-state index >= 15 is 0 Å². The van der Waals surface area contributed by atoms with E-state index < -0.39 is 0 Å². The van der Waals surface area contributed by atoms with E-state index in [1.165, 1.54) is 5.56 Å². The lowest BCUT2D eigenvalue weighted by Crippen LogP contribution is -2.48. The lowest BCUT2D eigenvalue weighted by molar-refractivity contribution is -0.119. The van der Waals surface area contributed by atoms with E-state index in [-0.39, 0.29) is 5.91 Å². The molecule has 0 radical (unpaired) electrons. The maximum Gasteiger partial charge on any atom is 0.257 e. The fraction of sp³-hybridized carbons (Fsp3) is 0.348. The summed E-state index contributed by atoms with van der Waals surface area (Å²) in [5, 5.41) is 4.42. The minimum atomic E-state index is -0.0882. The summed E-state index contributed by atoms with van der Waals surface area (Å²) in [4.78, 5) is 36.7. The highest BCUT2D eigenvalue weighted by atomic mass is 16.5. The molecule has 3 aromatic rings. The molecule has 1 aromatic carbocycles. The molecule has 0 bridgehead atoms. The van der Waals surface area contributed by atoms with E-state index in [4.69, 9.17) is 9.72 Å². The van der Waals surface area contributed by atoms with Crippen LogP contribution < -0.4 is 4.74 Å². The topological polar surface area (TPSA) is 93.5 Å². The van der Waals surface area contributed by atoms with E-state index in [0.717, 1.165) is 41.8 Å². The van der Waals surface area contributed by atoms with Crippen LogP contribution in [0.1, 0.15) is 27.2 Å². The third-order valence-electron chi connectivity index (χ3n) is 6.26. The van der Waals surface area contributed by atoms with Crippen molar-refractivity contribution in [2.45, 2.75) is 19.8 Å². The number of aryl methyl sites for hydroxylation is 2. The number of hydrogen-bond donors (Lipinski definition) is 0. The molecule has 1 fully saturated rings. The number of piperazine rings is 1. The first-order chi connectivity index (χ1) is 15.6. The van der Waals surface area contributed by atoms with Crippen LogP contribution in [-0.4, -0.2) is 75.2 Å². The fourth-order valence-corrected chi connectivity index (χ4v) is 4.34. The first-order valence-corrected chi connectivity index (χ1v) is 10.7. The first kappa shape index (κ1) is 20.2. The van der Waals surface area contributed by atoms with Crippen LogP contribution in [0.3, 0.4) is 0 Å². The summed E-state index contributed by atoms with van der Waals surface area (Å²) in [6.45, 7) is 3.96. The highest BCUT2D eigenvalue weighted by Crippen LogP contribution is 2.34. The first-order valence-electron chi connectivity index (χ1n) is 10.7. The summed E-state index contributed by atoms with van der Waals surface area (Å²) >= 11 is 0. The second kappa shape index (κ2) is 8.07. The van der Waals surface area contributed by atoms with Gasteiger partial charge in [0.1, 0.15) is 5.75 Å². The predicted octanol–water partition coefficient (Wildman–Crippen LogP) is 1.66. The van der Waals surface area contributed by atoms with Gasteiger partial charge in [0.25, 0.3) is 11.9 Å². The molecule has 0 spiro atoms. The van der Waals surface area contributed by atoms with Crippen LogP contribution in [0, 0.1) is 6.92 Å². The van der Waals surface area contributed by atoms with E-state index in [1.807, 2.05) is 25.3 Å². The minimum Gasteiger partial charge on any atom is -0.497 e. The molecule has 0 N–H and O–H groups in total. The summed E-state index contributed by atoms with van der Waals surface area (Å²) in [6, 6.07) is 6.03. The lowest BCUT2D eigenvalue weighted by Gasteiger charge is -2.32. The summed E-state index contributed by atoms with van der Waals surface area (Å²) in [6.07, 6.45) is 6.04. The third-order valence-corrected chi connectivity index (χ3v) is 6.26. The van der Waals surface area contributed by atoms with Crippen LogP contribution in [0.5, 0.6) is 5.75 Å². The number of carbonyl (C=O) groups excluding carboxylic acids is 2. The smallest absolute Gasteiger partial charge is 0.257 e. The summed E-state index contributed by atoms with van der Waals surface area (Å²) < 4.78 is 6.98. The summed E-state index contributed by atoms with van der Waals surface area (Å²) in [7, 11) is 1.67. The Labute approximate surface area is 185 Å². The Bertz CT molecular complexity index is 1200. The normalized spacial score (nSPS) is 15.2. The van der Waals surface area contributed by atoms with Gasteiger partial charge < -0.3 is 14.5 Å². The number of fused-ring (bicyclic) bond motifs is 3. The maximum atomic E-state index is 13.0. The maximum absolute atomic E-state index is 13.0. The SMILES string of the molecule is COc1ccc2c(c1)CCc1cnc(-n3ncc(C(=O)N4CCN(C=O)CC4)c3C)nc1-2. The molecule has 2 amide bonds. The number of nitrogens with zero attached hydrogens (tertiary/aromatic N) is 6. The predicted molar refractivity (Wildman–Crippen MR) is 117 cm³/mol. The molecular formula is C23H24N6O3. The molecule has 2 aliphatic rings. The van der Waals surface area contributed by atoms with Crippen molar-refractivity contribution in [1.29, 1.82) is 0 Å². The fourth-order valence-electron chi connectivity index (χ4n) is 4.34. The van der Waals surface area contributed by atoms with Crippen molar-refractivity contribution in [2.24, 2.45) is 0 Å². The number of aromatic nitrogens is 4.